The van der Waals surface area contributed by atoms with Gasteiger partial charge in [-0.25, -0.2) is 0 Å². The van der Waals surface area contributed by atoms with Gasteiger partial charge in [0, 0.05) is 34.1 Å². The number of unbranched alkanes of at least 4 members (excludes halogenated alkanes) is 5. The third-order valence-electron chi connectivity index (χ3n) is 5.69. The molecule has 0 spiro atoms. The lowest BCUT2D eigenvalue weighted by atomic mass is 9.96. The van der Waals surface area contributed by atoms with Gasteiger partial charge in [0.05, 0.1) is 6.61 Å². The van der Waals surface area contributed by atoms with Crippen molar-refractivity contribution >= 4 is 23.5 Å². The molecule has 0 amide bonds. The first-order valence-electron chi connectivity index (χ1n) is 11.1. The summed E-state index contributed by atoms with van der Waals surface area (Å²) in [5, 5.41) is 0. The van der Waals surface area contributed by atoms with Crippen molar-refractivity contribution in [3.8, 4) is 0 Å². The zero-order chi connectivity index (χ0) is 21.3. The monoisotopic (exact) mass is 424 g/mol. The standard InChI is InChI=1S/C26H32O3S/c1-3-4-5-6-7-8-13-25(27)29-17-19(2)20-14-15-23-24(16-20)30-18-21-11-9-10-12-22(21)26(23)28/h9-12,14-16,19H,3-8,13,17-18H2,1-2H3. The molecule has 160 valence electrons. The molecule has 3 rings (SSSR count). The fourth-order valence-corrected chi connectivity index (χ4v) is 4.86. The van der Waals surface area contributed by atoms with Gasteiger partial charge in [0.25, 0.3) is 0 Å². The maximum Gasteiger partial charge on any atom is 0.305 e. The number of carbonyl (C=O) groups excluding carboxylic acids is 2. The van der Waals surface area contributed by atoms with E-state index in [1.54, 1.807) is 11.8 Å². The van der Waals surface area contributed by atoms with Gasteiger partial charge in [0.1, 0.15) is 0 Å². The summed E-state index contributed by atoms with van der Waals surface area (Å²) in [6.45, 7) is 4.65. The zero-order valence-corrected chi connectivity index (χ0v) is 18.9. The van der Waals surface area contributed by atoms with E-state index in [4.69, 9.17) is 4.74 Å². The Kier molecular flexibility index (Phi) is 8.56. The summed E-state index contributed by atoms with van der Waals surface area (Å²) in [6, 6.07) is 13.9. The summed E-state index contributed by atoms with van der Waals surface area (Å²) in [5.41, 5.74) is 3.75. The molecule has 0 saturated heterocycles. The van der Waals surface area contributed by atoms with Crippen LogP contribution in [0.2, 0.25) is 0 Å². The molecule has 1 aliphatic heterocycles. The van der Waals surface area contributed by atoms with E-state index in [9.17, 15) is 9.59 Å². The molecule has 0 aromatic heterocycles. The maximum absolute atomic E-state index is 12.9. The van der Waals surface area contributed by atoms with E-state index < -0.39 is 0 Å². The average molecular weight is 425 g/mol. The molecular formula is C26H32O3S. The van der Waals surface area contributed by atoms with Crippen molar-refractivity contribution in [2.24, 2.45) is 0 Å². The highest BCUT2D eigenvalue weighted by Gasteiger charge is 2.22. The van der Waals surface area contributed by atoms with Crippen molar-refractivity contribution in [2.45, 2.75) is 75.4 Å². The molecule has 1 aliphatic rings. The highest BCUT2D eigenvalue weighted by molar-refractivity contribution is 7.98. The maximum atomic E-state index is 12.9. The number of ether oxygens (including phenoxy) is 1. The van der Waals surface area contributed by atoms with Crippen LogP contribution in [0.1, 0.15) is 91.8 Å². The second-order valence-corrected chi connectivity index (χ2v) is 9.15. The first kappa shape index (κ1) is 22.6. The van der Waals surface area contributed by atoms with E-state index in [1.165, 1.54) is 25.7 Å². The van der Waals surface area contributed by atoms with E-state index in [1.807, 2.05) is 36.4 Å². The highest BCUT2D eigenvalue weighted by Crippen LogP contribution is 2.35. The van der Waals surface area contributed by atoms with Gasteiger partial charge in [-0.15, -0.1) is 11.8 Å². The van der Waals surface area contributed by atoms with Crippen molar-refractivity contribution < 1.29 is 14.3 Å². The molecule has 3 nitrogen and oxygen atoms in total. The summed E-state index contributed by atoms with van der Waals surface area (Å²) >= 11 is 1.70. The fourth-order valence-electron chi connectivity index (χ4n) is 3.76. The number of thioether (sulfide) groups is 1. The summed E-state index contributed by atoms with van der Waals surface area (Å²) in [7, 11) is 0. The summed E-state index contributed by atoms with van der Waals surface area (Å²) < 4.78 is 5.51. The van der Waals surface area contributed by atoms with Crippen molar-refractivity contribution in [3.63, 3.8) is 0 Å². The molecule has 0 radical (unpaired) electrons. The quantitative estimate of drug-likeness (QED) is 0.307. The number of rotatable bonds is 10. The van der Waals surface area contributed by atoms with Gasteiger partial charge in [-0.05, 0) is 29.7 Å². The van der Waals surface area contributed by atoms with Crippen molar-refractivity contribution in [3.05, 3.63) is 64.7 Å². The Morgan fingerprint density at radius 1 is 1.03 bits per heavy atom. The largest absolute Gasteiger partial charge is 0.465 e. The molecule has 0 saturated carbocycles. The highest BCUT2D eigenvalue weighted by atomic mass is 32.2. The first-order valence-corrected chi connectivity index (χ1v) is 12.1. The van der Waals surface area contributed by atoms with Crippen LogP contribution >= 0.6 is 11.8 Å². The molecule has 2 aromatic rings. The van der Waals surface area contributed by atoms with Crippen LogP contribution in [0.5, 0.6) is 0 Å². The van der Waals surface area contributed by atoms with Gasteiger partial charge < -0.3 is 4.74 Å². The molecule has 1 heterocycles. The summed E-state index contributed by atoms with van der Waals surface area (Å²) in [4.78, 5) is 26.0. The minimum absolute atomic E-state index is 0.0927. The zero-order valence-electron chi connectivity index (χ0n) is 18.1. The Bertz CT molecular complexity index is 874. The van der Waals surface area contributed by atoms with E-state index >= 15 is 0 Å². The Labute approximate surface area is 184 Å². The molecule has 0 bridgehead atoms. The van der Waals surface area contributed by atoms with E-state index in [-0.39, 0.29) is 17.7 Å². The lowest BCUT2D eigenvalue weighted by Gasteiger charge is -2.15. The van der Waals surface area contributed by atoms with Crippen LogP contribution in [0.4, 0.5) is 0 Å². The topological polar surface area (TPSA) is 43.4 Å². The predicted octanol–water partition coefficient (Wildman–Crippen LogP) is 6.92. The van der Waals surface area contributed by atoms with Gasteiger partial charge in [0.15, 0.2) is 5.78 Å². The van der Waals surface area contributed by atoms with Crippen molar-refractivity contribution in [1.29, 1.82) is 0 Å². The van der Waals surface area contributed by atoms with Crippen LogP contribution < -0.4 is 0 Å². The van der Waals surface area contributed by atoms with Crippen LogP contribution in [0.25, 0.3) is 0 Å². The first-order chi connectivity index (χ1) is 14.6. The average Bonchev–Trinajstić information content (AvgIpc) is 2.91. The van der Waals surface area contributed by atoms with Gasteiger partial charge in [-0.3, -0.25) is 9.59 Å². The Hall–Kier alpha value is -2.07. The van der Waals surface area contributed by atoms with Crippen LogP contribution in [-0.4, -0.2) is 18.4 Å². The van der Waals surface area contributed by atoms with Gasteiger partial charge in [0.2, 0.25) is 0 Å². The van der Waals surface area contributed by atoms with Crippen LogP contribution in [-0.2, 0) is 15.3 Å². The summed E-state index contributed by atoms with van der Waals surface area (Å²) in [6.07, 6.45) is 7.49. The summed E-state index contributed by atoms with van der Waals surface area (Å²) in [5.74, 6) is 0.882. The van der Waals surface area contributed by atoms with E-state index in [0.29, 0.717) is 13.0 Å². The molecule has 2 aromatic carbocycles. The molecule has 0 fully saturated rings. The fraction of sp³-hybridized carbons (Fsp3) is 0.462. The molecule has 1 unspecified atom stereocenters. The number of esters is 1. The second kappa shape index (κ2) is 11.4. The lowest BCUT2D eigenvalue weighted by molar-refractivity contribution is -0.144. The minimum atomic E-state index is -0.105. The Morgan fingerprint density at radius 3 is 2.63 bits per heavy atom. The van der Waals surface area contributed by atoms with E-state index in [0.717, 1.165) is 45.7 Å². The van der Waals surface area contributed by atoms with Crippen molar-refractivity contribution in [1.82, 2.24) is 0 Å². The predicted molar refractivity (Wildman–Crippen MR) is 123 cm³/mol. The minimum Gasteiger partial charge on any atom is -0.465 e. The van der Waals surface area contributed by atoms with Crippen LogP contribution in [0.3, 0.4) is 0 Å². The third kappa shape index (κ3) is 5.98. The molecule has 0 aliphatic carbocycles. The van der Waals surface area contributed by atoms with Crippen molar-refractivity contribution in [2.75, 3.05) is 6.61 Å². The SMILES string of the molecule is CCCCCCCCC(=O)OCC(C)c1ccc2c(c1)SCc1ccccc1C2=O. The molecular weight excluding hydrogens is 392 g/mol. The number of benzene rings is 2. The molecule has 1 atom stereocenters. The number of carbonyl (C=O) groups is 2. The number of fused-ring (bicyclic) bond motifs is 2. The smallest absolute Gasteiger partial charge is 0.305 e. The van der Waals surface area contributed by atoms with Gasteiger partial charge in [-0.1, -0.05) is 76.3 Å². The number of hydrogen-bond acceptors (Lipinski definition) is 4. The Balaban J connectivity index is 1.52. The molecule has 4 heteroatoms. The normalized spacial score (nSPS) is 13.9. The van der Waals surface area contributed by atoms with Crippen LogP contribution in [0, 0.1) is 0 Å². The van der Waals surface area contributed by atoms with Crippen LogP contribution in [0.15, 0.2) is 47.4 Å². The third-order valence-corrected chi connectivity index (χ3v) is 6.80. The lowest BCUT2D eigenvalue weighted by Crippen LogP contribution is -2.11. The number of hydrogen-bond donors (Lipinski definition) is 0. The second-order valence-electron chi connectivity index (χ2n) is 8.13. The van der Waals surface area contributed by atoms with E-state index in [2.05, 4.69) is 19.9 Å². The van der Waals surface area contributed by atoms with Gasteiger partial charge in [-0.2, -0.15) is 0 Å². The molecule has 0 N–H and O–H groups in total. The van der Waals surface area contributed by atoms with Gasteiger partial charge >= 0.3 is 5.97 Å². The Morgan fingerprint density at radius 2 is 1.80 bits per heavy atom. The number of ketones is 1. The molecule has 30 heavy (non-hydrogen) atoms.